The topological polar surface area (TPSA) is 55.4 Å². The lowest BCUT2D eigenvalue weighted by molar-refractivity contribution is -0.129. The number of ether oxygens (including phenoxy) is 1. The Bertz CT molecular complexity index is 619. The molecule has 4 heteroatoms. The van der Waals surface area contributed by atoms with Gasteiger partial charge in [0.05, 0.1) is 6.10 Å². The van der Waals surface area contributed by atoms with Crippen LogP contribution in [0.1, 0.15) is 55.3 Å². The maximum absolute atomic E-state index is 12.4. The molecule has 1 N–H and O–H groups in total. The average Bonchev–Trinajstić information content (AvgIpc) is 3.29. The van der Waals surface area contributed by atoms with Crippen molar-refractivity contribution in [2.75, 3.05) is 6.61 Å². The van der Waals surface area contributed by atoms with Gasteiger partial charge in [0.15, 0.2) is 5.78 Å². The van der Waals surface area contributed by atoms with Crippen molar-refractivity contribution in [2.45, 2.75) is 57.1 Å². The molecule has 0 aromatic heterocycles. The van der Waals surface area contributed by atoms with Crippen LogP contribution in [0.15, 0.2) is 30.3 Å². The Morgan fingerprint density at radius 2 is 1.80 bits per heavy atom. The lowest BCUT2D eigenvalue weighted by Crippen LogP contribution is -2.63. The zero-order chi connectivity index (χ0) is 17.2. The molecule has 0 bridgehead atoms. The van der Waals surface area contributed by atoms with Gasteiger partial charge in [0, 0.05) is 42.9 Å². The summed E-state index contributed by atoms with van der Waals surface area (Å²) in [5.74, 6) is 1.74. The monoisotopic (exact) mass is 341 g/mol. The van der Waals surface area contributed by atoms with Crippen molar-refractivity contribution in [1.82, 2.24) is 5.32 Å². The molecule has 25 heavy (non-hydrogen) atoms. The summed E-state index contributed by atoms with van der Waals surface area (Å²) < 4.78 is 5.94. The van der Waals surface area contributed by atoms with Gasteiger partial charge in [-0.05, 0) is 12.3 Å². The van der Waals surface area contributed by atoms with E-state index >= 15 is 0 Å². The predicted octanol–water partition coefficient (Wildman–Crippen LogP) is 3.36. The third-order valence-corrected chi connectivity index (χ3v) is 6.39. The smallest absolute Gasteiger partial charge is 0.220 e. The van der Waals surface area contributed by atoms with E-state index in [1.807, 2.05) is 30.3 Å². The zero-order valence-electron chi connectivity index (χ0n) is 14.7. The first-order chi connectivity index (χ1) is 12.2. The van der Waals surface area contributed by atoms with Crippen LogP contribution in [-0.4, -0.2) is 30.4 Å². The Balaban J connectivity index is 1.31. The SMILES string of the molecule is O=C(CCC(=O)c1ccccc1)N[C@H]1[C@H]2CCO[C@H]2[C@H]1C1CCCC1. The first-order valence-electron chi connectivity index (χ1n) is 9.73. The quantitative estimate of drug-likeness (QED) is 0.807. The molecule has 3 aliphatic rings. The summed E-state index contributed by atoms with van der Waals surface area (Å²) >= 11 is 0. The molecule has 1 amide bonds. The number of Topliss-reactive ketones (excluding diaryl/α,β-unsaturated/α-hetero) is 1. The van der Waals surface area contributed by atoms with Crippen molar-refractivity contribution in [3.05, 3.63) is 35.9 Å². The number of fused-ring (bicyclic) bond motifs is 1. The van der Waals surface area contributed by atoms with E-state index in [-0.39, 0.29) is 30.6 Å². The summed E-state index contributed by atoms with van der Waals surface area (Å²) in [7, 11) is 0. The maximum atomic E-state index is 12.4. The van der Waals surface area contributed by atoms with Crippen molar-refractivity contribution < 1.29 is 14.3 Å². The Morgan fingerprint density at radius 1 is 1.04 bits per heavy atom. The highest BCUT2D eigenvalue weighted by Gasteiger charge is 2.56. The minimum Gasteiger partial charge on any atom is -0.377 e. The number of rotatable bonds is 6. The molecule has 2 saturated carbocycles. The second kappa shape index (κ2) is 7.28. The number of carbonyl (C=O) groups is 2. The Kier molecular flexibility index (Phi) is 4.89. The Hall–Kier alpha value is -1.68. The third-order valence-electron chi connectivity index (χ3n) is 6.39. The van der Waals surface area contributed by atoms with Gasteiger partial charge in [-0.3, -0.25) is 9.59 Å². The van der Waals surface area contributed by atoms with Gasteiger partial charge in [-0.1, -0.05) is 56.0 Å². The molecule has 4 rings (SSSR count). The number of hydrogen-bond acceptors (Lipinski definition) is 3. The summed E-state index contributed by atoms with van der Waals surface area (Å²) in [5, 5.41) is 3.25. The molecule has 1 aromatic rings. The normalized spacial score (nSPS) is 31.4. The van der Waals surface area contributed by atoms with Crippen molar-refractivity contribution in [3.8, 4) is 0 Å². The third kappa shape index (κ3) is 3.37. The lowest BCUT2D eigenvalue weighted by atomic mass is 9.61. The molecule has 0 spiro atoms. The van der Waals surface area contributed by atoms with Crippen LogP contribution in [0.4, 0.5) is 0 Å². The van der Waals surface area contributed by atoms with Gasteiger partial charge in [0.25, 0.3) is 0 Å². The highest BCUT2D eigenvalue weighted by molar-refractivity contribution is 5.97. The van der Waals surface area contributed by atoms with Gasteiger partial charge in [0.2, 0.25) is 5.91 Å². The molecule has 3 fully saturated rings. The molecule has 1 saturated heterocycles. The highest BCUT2D eigenvalue weighted by Crippen LogP contribution is 2.51. The van der Waals surface area contributed by atoms with Gasteiger partial charge in [-0.25, -0.2) is 0 Å². The van der Waals surface area contributed by atoms with E-state index in [1.54, 1.807) is 0 Å². The maximum Gasteiger partial charge on any atom is 0.220 e. The largest absolute Gasteiger partial charge is 0.377 e. The molecule has 4 nitrogen and oxygen atoms in total. The minimum atomic E-state index is 0.0163. The van der Waals surface area contributed by atoms with Crippen molar-refractivity contribution in [1.29, 1.82) is 0 Å². The molecular weight excluding hydrogens is 314 g/mol. The van der Waals surface area contributed by atoms with Crippen molar-refractivity contribution in [2.24, 2.45) is 17.8 Å². The molecule has 134 valence electrons. The number of amides is 1. The van der Waals surface area contributed by atoms with E-state index in [0.29, 0.717) is 29.4 Å². The number of ketones is 1. The van der Waals surface area contributed by atoms with Gasteiger partial charge in [0.1, 0.15) is 0 Å². The molecule has 0 unspecified atom stereocenters. The Labute approximate surface area is 149 Å². The van der Waals surface area contributed by atoms with Crippen LogP contribution >= 0.6 is 0 Å². The Morgan fingerprint density at radius 3 is 2.56 bits per heavy atom. The fourth-order valence-corrected chi connectivity index (χ4v) is 5.11. The zero-order valence-corrected chi connectivity index (χ0v) is 14.7. The van der Waals surface area contributed by atoms with Gasteiger partial charge in [-0.2, -0.15) is 0 Å². The van der Waals surface area contributed by atoms with Crippen molar-refractivity contribution in [3.63, 3.8) is 0 Å². The minimum absolute atomic E-state index is 0.0163. The molecule has 4 atom stereocenters. The molecule has 1 heterocycles. The number of nitrogens with one attached hydrogen (secondary N) is 1. The predicted molar refractivity (Wildman–Crippen MR) is 95.2 cm³/mol. The second-order valence-corrected chi connectivity index (χ2v) is 7.79. The number of hydrogen-bond donors (Lipinski definition) is 1. The summed E-state index contributed by atoms with van der Waals surface area (Å²) in [4.78, 5) is 24.6. The van der Waals surface area contributed by atoms with Crippen LogP contribution in [0.3, 0.4) is 0 Å². The van der Waals surface area contributed by atoms with E-state index in [4.69, 9.17) is 4.74 Å². The first kappa shape index (κ1) is 16.8. The standard InChI is InChI=1S/C21H27NO3/c23-17(14-6-2-1-3-7-14)10-11-18(24)22-20-16-12-13-25-21(16)19(20)15-8-4-5-9-15/h1-3,6-7,15-16,19-21H,4-5,8-13H2,(H,22,24)/t16-,19+,20+,21-/m1/s1. The molecule has 2 aliphatic carbocycles. The van der Waals surface area contributed by atoms with Gasteiger partial charge < -0.3 is 10.1 Å². The molecule has 1 aromatic carbocycles. The van der Waals surface area contributed by atoms with E-state index in [1.165, 1.54) is 25.7 Å². The summed E-state index contributed by atoms with van der Waals surface area (Å²) in [6.07, 6.45) is 7.14. The summed E-state index contributed by atoms with van der Waals surface area (Å²) in [6.45, 7) is 0.831. The van der Waals surface area contributed by atoms with Gasteiger partial charge >= 0.3 is 0 Å². The van der Waals surface area contributed by atoms with E-state index in [0.717, 1.165) is 13.0 Å². The second-order valence-electron chi connectivity index (χ2n) is 7.79. The molecule has 0 radical (unpaired) electrons. The summed E-state index contributed by atoms with van der Waals surface area (Å²) in [5.41, 5.74) is 0.687. The first-order valence-corrected chi connectivity index (χ1v) is 9.73. The van der Waals surface area contributed by atoms with Crippen LogP contribution in [-0.2, 0) is 9.53 Å². The van der Waals surface area contributed by atoms with Crippen LogP contribution in [0.25, 0.3) is 0 Å². The van der Waals surface area contributed by atoms with Gasteiger partial charge in [-0.15, -0.1) is 0 Å². The summed E-state index contributed by atoms with van der Waals surface area (Å²) in [6, 6.07) is 9.48. The number of benzene rings is 1. The lowest BCUT2D eigenvalue weighted by Gasteiger charge is -2.50. The fraction of sp³-hybridized carbons (Fsp3) is 0.619. The number of carbonyl (C=O) groups excluding carboxylic acids is 2. The van der Waals surface area contributed by atoms with Crippen LogP contribution in [0.5, 0.6) is 0 Å². The van der Waals surface area contributed by atoms with E-state index < -0.39 is 0 Å². The van der Waals surface area contributed by atoms with Crippen LogP contribution < -0.4 is 5.32 Å². The van der Waals surface area contributed by atoms with Crippen LogP contribution in [0, 0.1) is 17.8 Å². The molecule has 1 aliphatic heterocycles. The van der Waals surface area contributed by atoms with E-state index in [9.17, 15) is 9.59 Å². The van der Waals surface area contributed by atoms with Crippen molar-refractivity contribution >= 4 is 11.7 Å². The van der Waals surface area contributed by atoms with E-state index in [2.05, 4.69) is 5.32 Å². The van der Waals surface area contributed by atoms with Crippen LogP contribution in [0.2, 0.25) is 0 Å². The average molecular weight is 341 g/mol. The molecular formula is C21H27NO3. The highest BCUT2D eigenvalue weighted by atomic mass is 16.5. The fourth-order valence-electron chi connectivity index (χ4n) is 5.11.